The van der Waals surface area contributed by atoms with Crippen LogP contribution in [-0.2, 0) is 6.18 Å². The molecule has 0 radical (unpaired) electrons. The van der Waals surface area contributed by atoms with Gasteiger partial charge in [-0.15, -0.1) is 0 Å². The lowest BCUT2D eigenvalue weighted by molar-refractivity contribution is -0.137. The van der Waals surface area contributed by atoms with Gasteiger partial charge in [0.2, 0.25) is 0 Å². The summed E-state index contributed by atoms with van der Waals surface area (Å²) in [4.78, 5) is 21.3. The number of amides is 1. The molecule has 0 saturated carbocycles. The standard InChI is InChI=1S/C28H25F5IN7O/c29-18-4-5-21(30)19(15-18)23-2-1-8-40(23)25-7-9-41-26(37-25)22(16-35-41)36-27(42)17-3-6-24(20(14-17)28(31,32)33)38-10-12-39(34)13-11-38/h3-7,9,14-16,23H,1-2,8,10-13H2,(H,36,42)/t23-/m1/s1. The van der Waals surface area contributed by atoms with Gasteiger partial charge in [0.25, 0.3) is 5.91 Å². The maximum atomic E-state index is 14.6. The summed E-state index contributed by atoms with van der Waals surface area (Å²) in [5.41, 5.74) is -0.296. The maximum Gasteiger partial charge on any atom is 0.418 e. The fourth-order valence-corrected chi connectivity index (χ4v) is 5.97. The van der Waals surface area contributed by atoms with Crippen molar-refractivity contribution in [1.29, 1.82) is 0 Å². The topological polar surface area (TPSA) is 69.0 Å². The molecule has 2 aliphatic rings. The molecule has 0 bridgehead atoms. The number of rotatable bonds is 5. The van der Waals surface area contributed by atoms with Gasteiger partial charge in [0, 0.05) is 78.6 Å². The summed E-state index contributed by atoms with van der Waals surface area (Å²) in [5, 5.41) is 6.83. The lowest BCUT2D eigenvalue weighted by atomic mass is 10.0. The second-order valence-electron chi connectivity index (χ2n) is 10.2. The van der Waals surface area contributed by atoms with E-state index in [0.717, 1.165) is 24.6 Å². The van der Waals surface area contributed by atoms with Crippen LogP contribution < -0.4 is 15.1 Å². The van der Waals surface area contributed by atoms with Crippen LogP contribution in [-0.4, -0.2) is 56.3 Å². The molecule has 1 atom stereocenters. The van der Waals surface area contributed by atoms with Crippen LogP contribution in [0.15, 0.2) is 54.9 Å². The van der Waals surface area contributed by atoms with Crippen molar-refractivity contribution in [3.05, 3.63) is 83.2 Å². The van der Waals surface area contributed by atoms with E-state index in [4.69, 9.17) is 0 Å². The molecule has 0 aliphatic carbocycles. The van der Waals surface area contributed by atoms with Gasteiger partial charge in [-0.05, 0) is 55.3 Å². The second kappa shape index (κ2) is 11.3. The molecule has 8 nitrogen and oxygen atoms in total. The number of carbonyl (C=O) groups excluding carboxylic acids is 1. The highest BCUT2D eigenvalue weighted by atomic mass is 127. The minimum absolute atomic E-state index is 0.0424. The molecular weight excluding hydrogens is 672 g/mol. The molecule has 2 aromatic carbocycles. The minimum Gasteiger partial charge on any atom is -0.368 e. The van der Waals surface area contributed by atoms with E-state index in [1.165, 1.54) is 28.9 Å². The van der Waals surface area contributed by atoms with Crippen LogP contribution in [0.1, 0.15) is 40.4 Å². The van der Waals surface area contributed by atoms with Gasteiger partial charge in [0.1, 0.15) is 23.1 Å². The summed E-state index contributed by atoms with van der Waals surface area (Å²) in [7, 11) is 0. The first kappa shape index (κ1) is 28.6. The molecule has 4 aromatic rings. The number of fused-ring (bicyclic) bond motifs is 1. The van der Waals surface area contributed by atoms with Gasteiger partial charge in [-0.1, -0.05) is 0 Å². The van der Waals surface area contributed by atoms with Crippen molar-refractivity contribution in [3.63, 3.8) is 0 Å². The number of piperazine rings is 1. The smallest absolute Gasteiger partial charge is 0.368 e. The number of alkyl halides is 3. The highest BCUT2D eigenvalue weighted by Crippen LogP contribution is 2.39. The van der Waals surface area contributed by atoms with Crippen LogP contribution in [0.2, 0.25) is 0 Å². The Labute approximate surface area is 251 Å². The van der Waals surface area contributed by atoms with Crippen LogP contribution in [0, 0.1) is 11.6 Å². The van der Waals surface area contributed by atoms with Crippen LogP contribution in [0.4, 0.5) is 39.1 Å². The fourth-order valence-electron chi connectivity index (χ4n) is 5.54. The van der Waals surface area contributed by atoms with Crippen LogP contribution >= 0.6 is 22.9 Å². The van der Waals surface area contributed by atoms with E-state index >= 15 is 0 Å². The van der Waals surface area contributed by atoms with E-state index < -0.39 is 35.3 Å². The van der Waals surface area contributed by atoms with E-state index in [9.17, 15) is 26.7 Å². The molecule has 42 heavy (non-hydrogen) atoms. The highest BCUT2D eigenvalue weighted by molar-refractivity contribution is 14.1. The number of hydrogen-bond acceptors (Lipinski definition) is 6. The molecule has 1 N–H and O–H groups in total. The minimum atomic E-state index is -4.65. The molecule has 1 amide bonds. The molecular formula is C28H25F5IN7O. The van der Waals surface area contributed by atoms with E-state index in [1.807, 2.05) is 8.01 Å². The Kier molecular flexibility index (Phi) is 7.68. The van der Waals surface area contributed by atoms with Gasteiger partial charge < -0.3 is 15.1 Å². The SMILES string of the molecule is O=C(Nc1cnn2ccc(N3CCC[C@@H]3c3cc(F)ccc3F)nc12)c1ccc(N2CCN(I)CC2)c(C(F)(F)F)c1. The van der Waals surface area contributed by atoms with Gasteiger partial charge in [-0.3, -0.25) is 4.79 Å². The normalized spacial score (nSPS) is 18.2. The Hall–Kier alpha value is -3.53. The number of hydrogen-bond donors (Lipinski definition) is 1. The van der Waals surface area contributed by atoms with E-state index in [0.29, 0.717) is 45.0 Å². The summed E-state index contributed by atoms with van der Waals surface area (Å²) in [6, 6.07) is 8.20. The lowest BCUT2D eigenvalue weighted by Gasteiger charge is -2.34. The van der Waals surface area contributed by atoms with Crippen molar-refractivity contribution in [1.82, 2.24) is 17.7 Å². The summed E-state index contributed by atoms with van der Waals surface area (Å²) in [6.45, 7) is 2.69. The van der Waals surface area contributed by atoms with Crippen LogP contribution in [0.25, 0.3) is 5.65 Å². The largest absolute Gasteiger partial charge is 0.418 e. The number of benzene rings is 2. The van der Waals surface area contributed by atoms with Crippen molar-refractivity contribution >= 4 is 51.6 Å². The average molecular weight is 697 g/mol. The zero-order valence-electron chi connectivity index (χ0n) is 22.1. The number of nitrogens with zero attached hydrogens (tertiary/aromatic N) is 6. The Bertz CT molecular complexity index is 1640. The van der Waals surface area contributed by atoms with Crippen molar-refractivity contribution in [2.24, 2.45) is 0 Å². The first-order chi connectivity index (χ1) is 20.1. The van der Waals surface area contributed by atoms with Gasteiger partial charge in [-0.2, -0.15) is 18.3 Å². The van der Waals surface area contributed by atoms with E-state index in [-0.39, 0.29) is 28.1 Å². The third-order valence-corrected chi connectivity index (χ3v) is 8.56. The maximum absolute atomic E-state index is 14.6. The molecule has 2 fully saturated rings. The summed E-state index contributed by atoms with van der Waals surface area (Å²) < 4.78 is 74.1. The molecule has 0 unspecified atom stereocenters. The number of aromatic nitrogens is 3. The molecule has 220 valence electrons. The molecule has 4 heterocycles. The number of anilines is 3. The number of nitrogens with one attached hydrogen (secondary N) is 1. The quantitative estimate of drug-likeness (QED) is 0.155. The first-order valence-corrected chi connectivity index (χ1v) is 14.3. The third kappa shape index (κ3) is 5.61. The predicted octanol–water partition coefficient (Wildman–Crippen LogP) is 6.09. The molecule has 2 aliphatic heterocycles. The molecule has 14 heteroatoms. The van der Waals surface area contributed by atoms with E-state index in [1.54, 1.807) is 17.2 Å². The summed E-state index contributed by atoms with van der Waals surface area (Å²) in [6.07, 6.45) is -0.332. The molecule has 2 saturated heterocycles. The monoisotopic (exact) mass is 697 g/mol. The predicted molar refractivity (Wildman–Crippen MR) is 156 cm³/mol. The van der Waals surface area contributed by atoms with Gasteiger partial charge in [0.15, 0.2) is 5.65 Å². The van der Waals surface area contributed by atoms with Gasteiger partial charge >= 0.3 is 6.18 Å². The number of carbonyl (C=O) groups is 1. The molecule has 2 aromatic heterocycles. The molecule has 6 rings (SSSR count). The summed E-state index contributed by atoms with van der Waals surface area (Å²) in [5.74, 6) is -1.32. The summed E-state index contributed by atoms with van der Waals surface area (Å²) >= 11 is 2.15. The fraction of sp³-hybridized carbons (Fsp3) is 0.321. The number of halogens is 6. The zero-order valence-corrected chi connectivity index (χ0v) is 24.2. The van der Waals surface area contributed by atoms with Crippen LogP contribution in [0.5, 0.6) is 0 Å². The Morgan fingerprint density at radius 1 is 1.00 bits per heavy atom. The Balaban J connectivity index is 1.27. The lowest BCUT2D eigenvalue weighted by Crippen LogP contribution is -2.42. The van der Waals surface area contributed by atoms with Crippen molar-refractivity contribution in [2.45, 2.75) is 25.1 Å². The average Bonchev–Trinajstić information content (AvgIpc) is 3.61. The van der Waals surface area contributed by atoms with Gasteiger partial charge in [-0.25, -0.2) is 21.4 Å². The Morgan fingerprint density at radius 2 is 1.79 bits per heavy atom. The van der Waals surface area contributed by atoms with Crippen molar-refractivity contribution in [3.8, 4) is 0 Å². The van der Waals surface area contributed by atoms with E-state index in [2.05, 4.69) is 38.3 Å². The molecule has 0 spiro atoms. The third-order valence-electron chi connectivity index (χ3n) is 7.60. The second-order valence-corrected chi connectivity index (χ2v) is 11.6. The van der Waals surface area contributed by atoms with Crippen LogP contribution in [0.3, 0.4) is 0 Å². The zero-order chi connectivity index (χ0) is 29.6. The van der Waals surface area contributed by atoms with Crippen molar-refractivity contribution < 1.29 is 26.7 Å². The Morgan fingerprint density at radius 3 is 2.55 bits per heavy atom. The van der Waals surface area contributed by atoms with Crippen molar-refractivity contribution in [2.75, 3.05) is 47.8 Å². The highest BCUT2D eigenvalue weighted by Gasteiger charge is 2.36. The van der Waals surface area contributed by atoms with Gasteiger partial charge in [0.05, 0.1) is 17.8 Å². The first-order valence-electron chi connectivity index (χ1n) is 13.3.